The molecule has 4 nitrogen and oxygen atoms in total. The molecule has 0 radical (unpaired) electrons. The van der Waals surface area contributed by atoms with Gasteiger partial charge in [-0.15, -0.1) is 11.3 Å². The number of carbonyl (C=O) groups excluding carboxylic acids is 1. The number of rotatable bonds is 3. The first-order valence-corrected chi connectivity index (χ1v) is 4.94. The number of carbonyl (C=O) groups is 1. The number of nitrogens with zero attached hydrogens (tertiary/aromatic N) is 1. The van der Waals surface area contributed by atoms with Gasteiger partial charge >= 0.3 is 0 Å². The summed E-state index contributed by atoms with van der Waals surface area (Å²) in [5, 5.41) is 0. The van der Waals surface area contributed by atoms with E-state index in [4.69, 9.17) is 4.84 Å². The van der Waals surface area contributed by atoms with E-state index in [2.05, 4.69) is 26.4 Å². The molecule has 1 heterocycles. The Kier molecular flexibility index (Phi) is 3.64. The van der Waals surface area contributed by atoms with Crippen molar-refractivity contribution in [2.24, 2.45) is 0 Å². The molecular weight excluding hydrogens is 244 g/mol. The van der Waals surface area contributed by atoms with Gasteiger partial charge in [-0.1, -0.05) is 0 Å². The molecule has 0 aliphatic heterocycles. The van der Waals surface area contributed by atoms with Gasteiger partial charge < -0.3 is 0 Å². The van der Waals surface area contributed by atoms with Crippen LogP contribution in [-0.2, 0) is 4.84 Å². The van der Waals surface area contributed by atoms with Crippen molar-refractivity contribution in [3.63, 3.8) is 0 Å². The maximum atomic E-state index is 11.2. The molecule has 1 rings (SSSR count). The summed E-state index contributed by atoms with van der Waals surface area (Å²) >= 11 is 4.40. The van der Waals surface area contributed by atoms with Crippen LogP contribution < -0.4 is 5.48 Å². The Labute approximate surface area is 82.0 Å². The van der Waals surface area contributed by atoms with Crippen molar-refractivity contribution in [1.29, 1.82) is 0 Å². The van der Waals surface area contributed by atoms with Crippen molar-refractivity contribution in [3.05, 3.63) is 15.0 Å². The fourth-order valence-electron chi connectivity index (χ4n) is 0.564. The molecule has 0 saturated carbocycles. The van der Waals surface area contributed by atoms with E-state index in [1.54, 1.807) is 12.4 Å². The SMILES string of the molecule is CCONC(=O)c1scnc1Br. The lowest BCUT2D eigenvalue weighted by Gasteiger charge is -2.00. The molecule has 0 unspecified atom stereocenters. The minimum Gasteiger partial charge on any atom is -0.274 e. The van der Waals surface area contributed by atoms with E-state index < -0.39 is 0 Å². The lowest BCUT2D eigenvalue weighted by molar-refractivity contribution is 0.0367. The summed E-state index contributed by atoms with van der Waals surface area (Å²) in [7, 11) is 0. The Morgan fingerprint density at radius 3 is 3.17 bits per heavy atom. The summed E-state index contributed by atoms with van der Waals surface area (Å²) < 4.78 is 0.546. The number of aromatic nitrogens is 1. The van der Waals surface area contributed by atoms with Gasteiger partial charge in [0.1, 0.15) is 9.48 Å². The summed E-state index contributed by atoms with van der Waals surface area (Å²) in [5.74, 6) is -0.272. The zero-order valence-electron chi connectivity index (χ0n) is 6.33. The Hall–Kier alpha value is -0.460. The van der Waals surface area contributed by atoms with E-state index in [9.17, 15) is 4.79 Å². The normalized spacial score (nSPS) is 9.83. The second kappa shape index (κ2) is 4.54. The minimum absolute atomic E-state index is 0.272. The van der Waals surface area contributed by atoms with Gasteiger partial charge in [0.15, 0.2) is 0 Å². The lowest BCUT2D eigenvalue weighted by atomic mass is 10.5. The maximum Gasteiger partial charge on any atom is 0.287 e. The van der Waals surface area contributed by atoms with Crippen LogP contribution in [0.5, 0.6) is 0 Å². The third-order valence-corrected chi connectivity index (χ3v) is 2.73. The molecule has 1 aromatic heterocycles. The summed E-state index contributed by atoms with van der Waals surface area (Å²) in [4.78, 5) is 20.3. The van der Waals surface area contributed by atoms with Crippen LogP contribution >= 0.6 is 27.3 Å². The predicted molar refractivity (Wildman–Crippen MR) is 48.9 cm³/mol. The predicted octanol–water partition coefficient (Wildman–Crippen LogP) is 1.59. The van der Waals surface area contributed by atoms with Crippen molar-refractivity contribution in [2.45, 2.75) is 6.92 Å². The molecule has 0 aliphatic carbocycles. The van der Waals surface area contributed by atoms with Crippen molar-refractivity contribution < 1.29 is 9.63 Å². The molecule has 0 atom stereocenters. The van der Waals surface area contributed by atoms with Crippen molar-refractivity contribution in [1.82, 2.24) is 10.5 Å². The van der Waals surface area contributed by atoms with Gasteiger partial charge in [0.2, 0.25) is 0 Å². The second-order valence-corrected chi connectivity index (χ2v) is 3.44. The first kappa shape index (κ1) is 9.63. The number of halogens is 1. The smallest absolute Gasteiger partial charge is 0.274 e. The second-order valence-electron chi connectivity index (χ2n) is 1.84. The molecule has 1 N–H and O–H groups in total. The van der Waals surface area contributed by atoms with Crippen molar-refractivity contribution in [3.8, 4) is 0 Å². The standard InChI is InChI=1S/C6H7BrN2O2S/c1-2-11-9-6(10)4-5(7)8-3-12-4/h3H,2H2,1H3,(H,9,10). The van der Waals surface area contributed by atoms with Crippen molar-refractivity contribution >= 4 is 33.2 Å². The molecule has 12 heavy (non-hydrogen) atoms. The van der Waals surface area contributed by atoms with Crippen LogP contribution in [0.15, 0.2) is 10.1 Å². The number of hydrogen-bond donors (Lipinski definition) is 1. The highest BCUT2D eigenvalue weighted by Crippen LogP contribution is 2.18. The molecule has 0 bridgehead atoms. The lowest BCUT2D eigenvalue weighted by Crippen LogP contribution is -2.22. The zero-order valence-corrected chi connectivity index (χ0v) is 8.74. The van der Waals surface area contributed by atoms with Crippen LogP contribution in [0, 0.1) is 0 Å². The molecule has 6 heteroatoms. The Morgan fingerprint density at radius 1 is 1.92 bits per heavy atom. The number of nitrogens with one attached hydrogen (secondary N) is 1. The number of hydrogen-bond acceptors (Lipinski definition) is 4. The van der Waals surface area contributed by atoms with Gasteiger partial charge in [0, 0.05) is 0 Å². The molecule has 66 valence electrons. The Bertz CT molecular complexity index is 276. The summed E-state index contributed by atoms with van der Waals surface area (Å²) in [6.07, 6.45) is 0. The van der Waals surface area contributed by atoms with Crippen LogP contribution in [-0.4, -0.2) is 17.5 Å². The van der Waals surface area contributed by atoms with Crippen molar-refractivity contribution in [2.75, 3.05) is 6.61 Å². The topological polar surface area (TPSA) is 51.2 Å². The minimum atomic E-state index is -0.272. The van der Waals surface area contributed by atoms with Gasteiger partial charge in [-0.05, 0) is 22.9 Å². The van der Waals surface area contributed by atoms with E-state index >= 15 is 0 Å². The fraction of sp³-hybridized carbons (Fsp3) is 0.333. The number of hydroxylamine groups is 1. The summed E-state index contributed by atoms with van der Waals surface area (Å²) in [6, 6.07) is 0. The van der Waals surface area contributed by atoms with Crippen LogP contribution in [0.1, 0.15) is 16.6 Å². The van der Waals surface area contributed by atoms with E-state index in [1.165, 1.54) is 11.3 Å². The quantitative estimate of drug-likeness (QED) is 0.830. The van der Waals surface area contributed by atoms with Gasteiger partial charge in [0.25, 0.3) is 5.91 Å². The molecule has 0 aromatic carbocycles. The third kappa shape index (κ3) is 2.26. The fourth-order valence-corrected chi connectivity index (χ4v) is 1.82. The molecule has 0 fully saturated rings. The third-order valence-electron chi connectivity index (χ3n) is 1.04. The average Bonchev–Trinajstić information content (AvgIpc) is 2.47. The molecule has 0 saturated heterocycles. The Balaban J connectivity index is 2.59. The first-order chi connectivity index (χ1) is 5.75. The molecular formula is C6H7BrN2O2S. The van der Waals surface area contributed by atoms with Gasteiger partial charge in [0.05, 0.1) is 12.1 Å². The van der Waals surface area contributed by atoms with Crippen LogP contribution in [0.25, 0.3) is 0 Å². The van der Waals surface area contributed by atoms with E-state index in [1.807, 2.05) is 0 Å². The largest absolute Gasteiger partial charge is 0.287 e. The van der Waals surface area contributed by atoms with E-state index in [0.29, 0.717) is 16.1 Å². The summed E-state index contributed by atoms with van der Waals surface area (Å²) in [6.45, 7) is 2.24. The molecule has 1 amide bonds. The Morgan fingerprint density at radius 2 is 2.67 bits per heavy atom. The zero-order chi connectivity index (χ0) is 8.97. The monoisotopic (exact) mass is 250 g/mol. The van der Waals surface area contributed by atoms with Crippen LogP contribution in [0.3, 0.4) is 0 Å². The molecule has 0 aliphatic rings. The van der Waals surface area contributed by atoms with Crippen LogP contribution in [0.2, 0.25) is 0 Å². The van der Waals surface area contributed by atoms with Crippen LogP contribution in [0.4, 0.5) is 0 Å². The number of thiazole rings is 1. The molecule has 0 spiro atoms. The van der Waals surface area contributed by atoms with Gasteiger partial charge in [-0.25, -0.2) is 10.5 Å². The maximum absolute atomic E-state index is 11.2. The average molecular weight is 251 g/mol. The van der Waals surface area contributed by atoms with E-state index in [-0.39, 0.29) is 5.91 Å². The van der Waals surface area contributed by atoms with E-state index in [0.717, 1.165) is 0 Å². The highest BCUT2D eigenvalue weighted by Gasteiger charge is 2.11. The highest BCUT2D eigenvalue weighted by molar-refractivity contribution is 9.10. The molecule has 1 aromatic rings. The van der Waals surface area contributed by atoms with Gasteiger partial charge in [-0.3, -0.25) is 9.63 Å². The highest BCUT2D eigenvalue weighted by atomic mass is 79.9. The number of amides is 1. The van der Waals surface area contributed by atoms with Gasteiger partial charge in [-0.2, -0.15) is 0 Å². The summed E-state index contributed by atoms with van der Waals surface area (Å²) in [5.41, 5.74) is 3.87. The first-order valence-electron chi connectivity index (χ1n) is 3.26.